The van der Waals surface area contributed by atoms with Gasteiger partial charge in [-0.3, -0.25) is 4.79 Å². The molecule has 1 heterocycles. The van der Waals surface area contributed by atoms with E-state index in [1.165, 1.54) is 0 Å². The fraction of sp³-hybridized carbons (Fsp3) is 0.375. The smallest absolute Gasteiger partial charge is 0.262 e. The maximum Gasteiger partial charge on any atom is 0.262 e. The van der Waals surface area contributed by atoms with Crippen molar-refractivity contribution in [3.05, 3.63) is 31.1 Å². The number of methoxy groups -OCH3 is 1. The van der Waals surface area contributed by atoms with E-state index in [1.54, 1.807) is 13.2 Å². The molecule has 0 aliphatic heterocycles. The third-order valence-electron chi connectivity index (χ3n) is 1.74. The Bertz CT molecular complexity index is 362. The second-order valence-corrected chi connectivity index (χ2v) is 4.29. The number of ether oxygens (including phenoxy) is 1. The number of rotatable bonds is 2. The molecule has 13 heavy (non-hydrogen) atoms. The minimum atomic E-state index is -0.151. The second kappa shape index (κ2) is 4.39. The van der Waals surface area contributed by atoms with Crippen LogP contribution in [0.25, 0.3) is 0 Å². The summed E-state index contributed by atoms with van der Waals surface area (Å²) in [4.78, 5) is 14.0. The van der Waals surface area contributed by atoms with Crippen LogP contribution in [0.2, 0.25) is 0 Å². The molecular formula is C8H9Br2NO2. The van der Waals surface area contributed by atoms with Crippen molar-refractivity contribution in [1.82, 2.24) is 4.98 Å². The van der Waals surface area contributed by atoms with Crippen LogP contribution < -0.4 is 5.56 Å². The molecular weight excluding hydrogens is 302 g/mol. The van der Waals surface area contributed by atoms with Gasteiger partial charge in [-0.05, 0) is 44.8 Å². The monoisotopic (exact) mass is 309 g/mol. The SMILES string of the molecule is CO[C@@H](C)c1[nH]c(=O)c(Br)cc1Br. The number of halogens is 2. The van der Waals surface area contributed by atoms with Crippen LogP contribution >= 0.6 is 31.9 Å². The molecule has 0 spiro atoms. The van der Waals surface area contributed by atoms with Crippen molar-refractivity contribution in [2.24, 2.45) is 0 Å². The van der Waals surface area contributed by atoms with E-state index in [2.05, 4.69) is 36.8 Å². The van der Waals surface area contributed by atoms with Crippen molar-refractivity contribution in [1.29, 1.82) is 0 Å². The molecule has 1 atom stereocenters. The molecule has 1 N–H and O–H groups in total. The van der Waals surface area contributed by atoms with Crippen LogP contribution in [-0.4, -0.2) is 12.1 Å². The van der Waals surface area contributed by atoms with Crippen molar-refractivity contribution in [3.63, 3.8) is 0 Å². The van der Waals surface area contributed by atoms with Gasteiger partial charge in [-0.25, -0.2) is 0 Å². The molecule has 0 amide bonds. The number of nitrogens with one attached hydrogen (secondary N) is 1. The highest BCUT2D eigenvalue weighted by Crippen LogP contribution is 2.23. The van der Waals surface area contributed by atoms with Crippen molar-refractivity contribution >= 4 is 31.9 Å². The summed E-state index contributed by atoms with van der Waals surface area (Å²) in [5, 5.41) is 0. The van der Waals surface area contributed by atoms with Gasteiger partial charge in [-0.2, -0.15) is 0 Å². The number of pyridine rings is 1. The molecule has 0 saturated carbocycles. The topological polar surface area (TPSA) is 42.1 Å². The Morgan fingerprint density at radius 3 is 2.62 bits per heavy atom. The number of H-pyrrole nitrogens is 1. The molecule has 0 saturated heterocycles. The maximum atomic E-state index is 11.2. The van der Waals surface area contributed by atoms with E-state index in [9.17, 15) is 4.79 Å². The lowest BCUT2D eigenvalue weighted by molar-refractivity contribution is 0.115. The summed E-state index contributed by atoms with van der Waals surface area (Å²) >= 11 is 6.48. The summed E-state index contributed by atoms with van der Waals surface area (Å²) < 4.78 is 6.43. The summed E-state index contributed by atoms with van der Waals surface area (Å²) in [6, 6.07) is 1.71. The number of aromatic amines is 1. The van der Waals surface area contributed by atoms with Crippen LogP contribution in [0.1, 0.15) is 18.7 Å². The van der Waals surface area contributed by atoms with E-state index in [-0.39, 0.29) is 11.7 Å². The van der Waals surface area contributed by atoms with E-state index < -0.39 is 0 Å². The lowest BCUT2D eigenvalue weighted by atomic mass is 10.2. The number of hydrogen-bond acceptors (Lipinski definition) is 2. The van der Waals surface area contributed by atoms with Crippen LogP contribution in [0.3, 0.4) is 0 Å². The van der Waals surface area contributed by atoms with Gasteiger partial charge in [0, 0.05) is 11.6 Å². The summed E-state index contributed by atoms with van der Waals surface area (Å²) in [7, 11) is 1.59. The fourth-order valence-corrected chi connectivity index (χ4v) is 2.20. The largest absolute Gasteiger partial charge is 0.375 e. The minimum absolute atomic E-state index is 0.129. The third-order valence-corrected chi connectivity index (χ3v) is 2.98. The molecule has 1 aromatic rings. The normalized spacial score (nSPS) is 12.9. The Labute approximate surface area is 92.8 Å². The van der Waals surface area contributed by atoms with Gasteiger partial charge in [0.25, 0.3) is 5.56 Å². The summed E-state index contributed by atoms with van der Waals surface area (Å²) in [5.41, 5.74) is 0.595. The van der Waals surface area contributed by atoms with Gasteiger partial charge in [0.05, 0.1) is 16.3 Å². The molecule has 0 aromatic carbocycles. The molecule has 0 aliphatic carbocycles. The van der Waals surface area contributed by atoms with Crippen LogP contribution in [0, 0.1) is 0 Å². The van der Waals surface area contributed by atoms with Gasteiger partial charge < -0.3 is 9.72 Å². The Morgan fingerprint density at radius 1 is 1.46 bits per heavy atom. The fourth-order valence-electron chi connectivity index (χ4n) is 0.910. The van der Waals surface area contributed by atoms with Crippen molar-refractivity contribution < 1.29 is 4.74 Å². The average molecular weight is 311 g/mol. The lowest BCUT2D eigenvalue weighted by Gasteiger charge is -2.11. The highest BCUT2D eigenvalue weighted by molar-refractivity contribution is 9.11. The van der Waals surface area contributed by atoms with Gasteiger partial charge >= 0.3 is 0 Å². The molecule has 72 valence electrons. The molecule has 0 bridgehead atoms. The van der Waals surface area contributed by atoms with Crippen LogP contribution in [0.5, 0.6) is 0 Å². The van der Waals surface area contributed by atoms with Gasteiger partial charge in [-0.15, -0.1) is 0 Å². The molecule has 0 unspecified atom stereocenters. The van der Waals surface area contributed by atoms with E-state index in [0.29, 0.717) is 4.47 Å². The zero-order chi connectivity index (χ0) is 10.0. The maximum absolute atomic E-state index is 11.2. The standard InChI is InChI=1S/C8H9Br2NO2/c1-4(13-2)7-5(9)3-6(10)8(12)11-7/h3-4H,1-2H3,(H,11,12)/t4-/m0/s1. The number of hydrogen-bond donors (Lipinski definition) is 1. The zero-order valence-electron chi connectivity index (χ0n) is 7.23. The Kier molecular flexibility index (Phi) is 3.70. The first kappa shape index (κ1) is 10.9. The summed E-state index contributed by atoms with van der Waals surface area (Å²) in [6.07, 6.45) is -0.129. The van der Waals surface area contributed by atoms with Crippen LogP contribution in [0.15, 0.2) is 19.8 Å². The van der Waals surface area contributed by atoms with Crippen molar-refractivity contribution in [2.75, 3.05) is 7.11 Å². The van der Waals surface area contributed by atoms with Crippen molar-refractivity contribution in [2.45, 2.75) is 13.0 Å². The predicted octanol–water partition coefficient (Wildman–Crippen LogP) is 2.61. The first-order valence-corrected chi connectivity index (χ1v) is 5.26. The second-order valence-electron chi connectivity index (χ2n) is 2.59. The van der Waals surface area contributed by atoms with Gasteiger partial charge in [-0.1, -0.05) is 0 Å². The highest BCUT2D eigenvalue weighted by Gasteiger charge is 2.10. The van der Waals surface area contributed by atoms with Gasteiger partial charge in [0.1, 0.15) is 0 Å². The lowest BCUT2D eigenvalue weighted by Crippen LogP contribution is -2.12. The van der Waals surface area contributed by atoms with E-state index in [4.69, 9.17) is 4.74 Å². The number of aromatic nitrogens is 1. The summed E-state index contributed by atoms with van der Waals surface area (Å²) in [6.45, 7) is 1.87. The zero-order valence-corrected chi connectivity index (χ0v) is 10.4. The van der Waals surface area contributed by atoms with Crippen LogP contribution in [0.4, 0.5) is 0 Å². The Hall–Kier alpha value is -0.130. The molecule has 3 nitrogen and oxygen atoms in total. The molecule has 1 rings (SSSR count). The molecule has 0 radical (unpaired) electrons. The van der Waals surface area contributed by atoms with Gasteiger partial charge in [0.2, 0.25) is 0 Å². The van der Waals surface area contributed by atoms with Gasteiger partial charge in [0.15, 0.2) is 0 Å². The average Bonchev–Trinajstić information content (AvgIpc) is 2.10. The van der Waals surface area contributed by atoms with E-state index in [0.717, 1.165) is 10.2 Å². The van der Waals surface area contributed by atoms with Crippen LogP contribution in [-0.2, 0) is 4.74 Å². The first-order valence-electron chi connectivity index (χ1n) is 3.67. The predicted molar refractivity (Wildman–Crippen MR) is 57.9 cm³/mol. The quantitative estimate of drug-likeness (QED) is 0.912. The molecule has 0 aliphatic rings. The summed E-state index contributed by atoms with van der Waals surface area (Å²) in [5.74, 6) is 0. The Balaban J connectivity index is 3.23. The van der Waals surface area contributed by atoms with E-state index in [1.807, 2.05) is 6.92 Å². The minimum Gasteiger partial charge on any atom is -0.375 e. The first-order chi connectivity index (χ1) is 6.06. The highest BCUT2D eigenvalue weighted by atomic mass is 79.9. The van der Waals surface area contributed by atoms with E-state index >= 15 is 0 Å². The molecule has 0 fully saturated rings. The molecule has 5 heteroatoms. The Morgan fingerprint density at radius 2 is 2.08 bits per heavy atom. The molecule has 1 aromatic heterocycles. The third kappa shape index (κ3) is 2.42. The van der Waals surface area contributed by atoms with Crippen molar-refractivity contribution in [3.8, 4) is 0 Å².